The average molecular weight is 428 g/mol. The van der Waals surface area contributed by atoms with Crippen molar-refractivity contribution < 1.29 is 4.79 Å². The maximum Gasteiger partial charge on any atom is 0.223 e. The van der Waals surface area contributed by atoms with Gasteiger partial charge in [-0.2, -0.15) is 0 Å². The molecule has 2 unspecified atom stereocenters. The zero-order valence-corrected chi connectivity index (χ0v) is 19.6. The van der Waals surface area contributed by atoms with Gasteiger partial charge in [-0.3, -0.25) is 14.7 Å². The van der Waals surface area contributed by atoms with Gasteiger partial charge in [0.1, 0.15) is 0 Å². The van der Waals surface area contributed by atoms with Gasteiger partial charge in [0.05, 0.1) is 6.54 Å². The molecule has 2 N–H and O–H groups in total. The lowest BCUT2D eigenvalue weighted by atomic mass is 10.0. The molecule has 0 bridgehead atoms. The van der Waals surface area contributed by atoms with Crippen molar-refractivity contribution in [3.63, 3.8) is 0 Å². The van der Waals surface area contributed by atoms with Crippen LogP contribution >= 0.6 is 0 Å². The summed E-state index contributed by atoms with van der Waals surface area (Å²) in [4.78, 5) is 22.0. The van der Waals surface area contributed by atoms with Crippen LogP contribution in [0.3, 0.4) is 0 Å². The van der Waals surface area contributed by atoms with Gasteiger partial charge in [-0.05, 0) is 50.8 Å². The Hall–Kier alpha value is -2.08. The quantitative estimate of drug-likeness (QED) is 0.445. The van der Waals surface area contributed by atoms with E-state index in [1.807, 2.05) is 11.0 Å². The van der Waals surface area contributed by atoms with Crippen molar-refractivity contribution >= 4 is 11.9 Å². The summed E-state index contributed by atoms with van der Waals surface area (Å²) < 4.78 is 0. The van der Waals surface area contributed by atoms with Crippen LogP contribution in [0.5, 0.6) is 0 Å². The largest absolute Gasteiger partial charge is 0.357 e. The normalized spacial score (nSPS) is 21.2. The highest BCUT2D eigenvalue weighted by molar-refractivity contribution is 5.81. The summed E-state index contributed by atoms with van der Waals surface area (Å²) in [7, 11) is 0. The third-order valence-electron chi connectivity index (χ3n) is 6.53. The van der Waals surface area contributed by atoms with Crippen molar-refractivity contribution in [2.45, 2.75) is 52.5 Å². The molecule has 1 aromatic rings. The van der Waals surface area contributed by atoms with Gasteiger partial charge in [-0.15, -0.1) is 0 Å². The van der Waals surface area contributed by atoms with Crippen LogP contribution in [-0.2, 0) is 11.2 Å². The number of aliphatic imine (C=N–C) groups is 1. The first-order valence-electron chi connectivity index (χ1n) is 12.1. The van der Waals surface area contributed by atoms with Gasteiger partial charge in [0.25, 0.3) is 0 Å². The zero-order valence-electron chi connectivity index (χ0n) is 19.6. The smallest absolute Gasteiger partial charge is 0.223 e. The fraction of sp³-hybridized carbons (Fsp3) is 0.680. The van der Waals surface area contributed by atoms with Gasteiger partial charge in [-0.25, -0.2) is 0 Å². The number of guanidine groups is 1. The van der Waals surface area contributed by atoms with Crippen LogP contribution in [0.2, 0.25) is 0 Å². The number of hydrogen-bond acceptors (Lipinski definition) is 3. The molecule has 0 aromatic heterocycles. The van der Waals surface area contributed by atoms with Crippen LogP contribution in [0.15, 0.2) is 35.3 Å². The van der Waals surface area contributed by atoms with E-state index in [1.165, 1.54) is 31.5 Å². The SMILES string of the molecule is CCNC(=NCC(C(C)C)N1CCCC1)NCC1CC(=O)N(CCc2ccccc2)C1. The maximum absolute atomic E-state index is 12.5. The molecule has 6 heteroatoms. The molecule has 1 aromatic carbocycles. The number of amides is 1. The van der Waals surface area contributed by atoms with E-state index in [1.54, 1.807) is 0 Å². The van der Waals surface area contributed by atoms with Crippen LogP contribution in [0.25, 0.3) is 0 Å². The summed E-state index contributed by atoms with van der Waals surface area (Å²) in [5, 5.41) is 6.89. The van der Waals surface area contributed by atoms with Crippen molar-refractivity contribution in [2.75, 3.05) is 45.8 Å². The number of carbonyl (C=O) groups is 1. The molecule has 1 amide bonds. The molecule has 0 saturated carbocycles. The second kappa shape index (κ2) is 12.1. The van der Waals surface area contributed by atoms with E-state index in [-0.39, 0.29) is 5.91 Å². The molecular formula is C25H41N5O. The lowest BCUT2D eigenvalue weighted by Crippen LogP contribution is -2.43. The molecule has 2 saturated heterocycles. The van der Waals surface area contributed by atoms with Crippen LogP contribution in [0.1, 0.15) is 45.6 Å². The Balaban J connectivity index is 1.47. The Morgan fingerprint density at radius 1 is 1.16 bits per heavy atom. The Labute approximate surface area is 188 Å². The predicted octanol–water partition coefficient (Wildman–Crippen LogP) is 2.75. The molecule has 172 valence electrons. The molecule has 6 nitrogen and oxygen atoms in total. The lowest BCUT2D eigenvalue weighted by Gasteiger charge is -2.29. The van der Waals surface area contributed by atoms with E-state index in [0.717, 1.165) is 45.1 Å². The summed E-state index contributed by atoms with van der Waals surface area (Å²) in [6.07, 6.45) is 4.16. The van der Waals surface area contributed by atoms with Crippen molar-refractivity contribution in [3.05, 3.63) is 35.9 Å². The monoisotopic (exact) mass is 427 g/mol. The number of nitrogens with one attached hydrogen (secondary N) is 2. The van der Waals surface area contributed by atoms with Crippen molar-refractivity contribution in [3.8, 4) is 0 Å². The number of benzene rings is 1. The van der Waals surface area contributed by atoms with Crippen LogP contribution < -0.4 is 10.6 Å². The first kappa shape index (κ1) is 23.6. The molecule has 2 fully saturated rings. The number of likely N-dealkylation sites (tertiary alicyclic amines) is 2. The Morgan fingerprint density at radius 3 is 2.58 bits per heavy atom. The first-order valence-corrected chi connectivity index (χ1v) is 12.1. The number of rotatable bonds is 10. The molecule has 2 aliphatic rings. The van der Waals surface area contributed by atoms with Crippen molar-refractivity contribution in [1.82, 2.24) is 20.4 Å². The number of hydrogen-bond donors (Lipinski definition) is 2. The second-order valence-corrected chi connectivity index (χ2v) is 9.30. The summed E-state index contributed by atoms with van der Waals surface area (Å²) in [5.74, 6) is 2.09. The third kappa shape index (κ3) is 7.23. The molecule has 0 aliphatic carbocycles. The van der Waals surface area contributed by atoms with E-state index >= 15 is 0 Å². The number of carbonyl (C=O) groups excluding carboxylic acids is 1. The fourth-order valence-electron chi connectivity index (χ4n) is 4.70. The standard InChI is InChI=1S/C25H41N5O/c1-4-26-25(28-18-23(20(2)3)29-13-8-9-14-29)27-17-22-16-24(31)30(19-22)15-12-21-10-6-5-7-11-21/h5-7,10-11,20,22-23H,4,8-9,12-19H2,1-3H3,(H2,26,27,28). The molecule has 2 atom stereocenters. The zero-order chi connectivity index (χ0) is 22.1. The minimum atomic E-state index is 0.276. The fourth-order valence-corrected chi connectivity index (χ4v) is 4.70. The second-order valence-electron chi connectivity index (χ2n) is 9.30. The Kier molecular flexibility index (Phi) is 9.19. The Bertz CT molecular complexity index is 699. The van der Waals surface area contributed by atoms with E-state index in [2.05, 4.69) is 60.6 Å². The van der Waals surface area contributed by atoms with E-state index < -0.39 is 0 Å². The summed E-state index contributed by atoms with van der Waals surface area (Å²) in [5.41, 5.74) is 1.29. The molecule has 2 heterocycles. The van der Waals surface area contributed by atoms with E-state index in [0.29, 0.717) is 24.3 Å². The van der Waals surface area contributed by atoms with Gasteiger partial charge in [0, 0.05) is 44.6 Å². The van der Waals surface area contributed by atoms with Crippen molar-refractivity contribution in [2.24, 2.45) is 16.8 Å². The minimum absolute atomic E-state index is 0.276. The number of nitrogens with zero attached hydrogens (tertiary/aromatic N) is 3. The molecule has 0 radical (unpaired) electrons. The van der Waals surface area contributed by atoms with Gasteiger partial charge in [0.2, 0.25) is 5.91 Å². The van der Waals surface area contributed by atoms with Gasteiger partial charge < -0.3 is 15.5 Å². The highest BCUT2D eigenvalue weighted by Gasteiger charge is 2.29. The first-order chi connectivity index (χ1) is 15.1. The average Bonchev–Trinajstić information content (AvgIpc) is 3.41. The predicted molar refractivity (Wildman–Crippen MR) is 128 cm³/mol. The minimum Gasteiger partial charge on any atom is -0.357 e. The third-order valence-corrected chi connectivity index (χ3v) is 6.53. The molecular weight excluding hydrogens is 386 g/mol. The highest BCUT2D eigenvalue weighted by atomic mass is 16.2. The Morgan fingerprint density at radius 2 is 1.90 bits per heavy atom. The summed E-state index contributed by atoms with van der Waals surface area (Å²) in [6.45, 7) is 13.2. The van der Waals surface area contributed by atoms with Crippen LogP contribution in [0, 0.1) is 11.8 Å². The topological polar surface area (TPSA) is 60.0 Å². The molecule has 2 aliphatic heterocycles. The molecule has 0 spiro atoms. The van der Waals surface area contributed by atoms with E-state index in [9.17, 15) is 4.79 Å². The van der Waals surface area contributed by atoms with Gasteiger partial charge >= 0.3 is 0 Å². The highest BCUT2D eigenvalue weighted by Crippen LogP contribution is 2.19. The molecule has 3 rings (SSSR count). The summed E-state index contributed by atoms with van der Waals surface area (Å²) >= 11 is 0. The van der Waals surface area contributed by atoms with Gasteiger partial charge in [-0.1, -0.05) is 44.2 Å². The lowest BCUT2D eigenvalue weighted by molar-refractivity contribution is -0.127. The van der Waals surface area contributed by atoms with Gasteiger partial charge in [0.15, 0.2) is 5.96 Å². The van der Waals surface area contributed by atoms with E-state index in [4.69, 9.17) is 4.99 Å². The maximum atomic E-state index is 12.5. The van der Waals surface area contributed by atoms with Crippen molar-refractivity contribution in [1.29, 1.82) is 0 Å². The van der Waals surface area contributed by atoms with Crippen LogP contribution in [-0.4, -0.2) is 73.5 Å². The summed E-state index contributed by atoms with van der Waals surface area (Å²) in [6, 6.07) is 10.9. The van der Waals surface area contributed by atoms with Crippen LogP contribution in [0.4, 0.5) is 0 Å². The molecule has 31 heavy (non-hydrogen) atoms.